The molecule has 1 heterocycles. The van der Waals surface area contributed by atoms with E-state index in [1.165, 1.54) is 11.3 Å². The van der Waals surface area contributed by atoms with Gasteiger partial charge in [-0.25, -0.2) is 0 Å². The summed E-state index contributed by atoms with van der Waals surface area (Å²) in [6.07, 6.45) is 0.184. The third-order valence-electron chi connectivity index (χ3n) is 2.82. The number of rotatable bonds is 7. The van der Waals surface area contributed by atoms with Gasteiger partial charge in [-0.05, 0) is 35.7 Å². The van der Waals surface area contributed by atoms with Crippen LogP contribution in [0.15, 0.2) is 41.8 Å². The van der Waals surface area contributed by atoms with Crippen LogP contribution >= 0.6 is 11.3 Å². The second-order valence-corrected chi connectivity index (χ2v) is 5.45. The van der Waals surface area contributed by atoms with Crippen molar-refractivity contribution in [3.63, 3.8) is 0 Å². The molecule has 2 aromatic rings. The van der Waals surface area contributed by atoms with Crippen molar-refractivity contribution in [3.05, 3.63) is 46.7 Å². The van der Waals surface area contributed by atoms with E-state index in [0.717, 1.165) is 0 Å². The summed E-state index contributed by atoms with van der Waals surface area (Å²) in [6, 6.07) is 12.1. The third kappa shape index (κ3) is 5.45. The molecule has 1 aromatic heterocycles. The lowest BCUT2D eigenvalue weighted by molar-refractivity contribution is -0.116. The van der Waals surface area contributed by atoms with Crippen LogP contribution in [0.25, 0.3) is 0 Å². The number of nitriles is 1. The molecule has 2 N–H and O–H groups in total. The monoisotopic (exact) mass is 329 g/mol. The maximum Gasteiger partial charge on any atom is 0.261 e. The fourth-order valence-corrected chi connectivity index (χ4v) is 2.40. The Hall–Kier alpha value is -2.85. The van der Waals surface area contributed by atoms with E-state index in [1.807, 2.05) is 11.4 Å². The molecule has 0 aliphatic heterocycles. The summed E-state index contributed by atoms with van der Waals surface area (Å²) in [5.74, 6) is 0.196. The molecule has 0 aliphatic rings. The predicted octanol–water partition coefficient (Wildman–Crippen LogP) is 2.41. The lowest BCUT2D eigenvalue weighted by atomic mass is 10.3. The first kappa shape index (κ1) is 16.5. The highest BCUT2D eigenvalue weighted by Crippen LogP contribution is 2.15. The van der Waals surface area contributed by atoms with Crippen LogP contribution < -0.4 is 15.4 Å². The number of anilines is 1. The summed E-state index contributed by atoms with van der Waals surface area (Å²) < 4.78 is 5.12. The lowest BCUT2D eigenvalue weighted by Gasteiger charge is -2.07. The summed E-state index contributed by atoms with van der Waals surface area (Å²) in [5, 5.41) is 15.7. The first-order chi connectivity index (χ1) is 11.2. The standard InChI is InChI=1S/C16H15N3O3S/c17-8-10-22-13-5-3-12(4-6-13)19-15(20)7-9-18-16(21)14-2-1-11-23-14/h1-6,11H,7,9-10H2,(H,18,21)(H,19,20). The minimum atomic E-state index is -0.192. The largest absolute Gasteiger partial charge is 0.479 e. The molecule has 0 unspecified atom stereocenters. The number of nitrogens with one attached hydrogen (secondary N) is 2. The number of hydrogen-bond donors (Lipinski definition) is 2. The van der Waals surface area contributed by atoms with Crippen molar-refractivity contribution in [2.75, 3.05) is 18.5 Å². The molecule has 0 radical (unpaired) electrons. The van der Waals surface area contributed by atoms with Crippen molar-refractivity contribution in [2.45, 2.75) is 6.42 Å². The number of carbonyl (C=O) groups excluding carboxylic acids is 2. The number of amides is 2. The van der Waals surface area contributed by atoms with Crippen LogP contribution in [-0.2, 0) is 4.79 Å². The maximum absolute atomic E-state index is 11.8. The SMILES string of the molecule is N#CCOc1ccc(NC(=O)CCNC(=O)c2cccs2)cc1. The van der Waals surface area contributed by atoms with E-state index in [1.54, 1.807) is 36.4 Å². The molecule has 1 aromatic carbocycles. The Morgan fingerprint density at radius 1 is 1.22 bits per heavy atom. The van der Waals surface area contributed by atoms with Crippen LogP contribution in [0.4, 0.5) is 5.69 Å². The number of nitrogens with zero attached hydrogens (tertiary/aromatic N) is 1. The Balaban J connectivity index is 1.72. The van der Waals surface area contributed by atoms with Gasteiger partial charge in [-0.3, -0.25) is 9.59 Å². The Labute approximate surface area is 137 Å². The van der Waals surface area contributed by atoms with Gasteiger partial charge in [-0.2, -0.15) is 5.26 Å². The predicted molar refractivity (Wildman–Crippen MR) is 87.4 cm³/mol. The van der Waals surface area contributed by atoms with Gasteiger partial charge < -0.3 is 15.4 Å². The van der Waals surface area contributed by atoms with Crippen molar-refractivity contribution >= 4 is 28.8 Å². The Kier molecular flexibility index (Phi) is 6.15. The summed E-state index contributed by atoms with van der Waals surface area (Å²) in [7, 11) is 0. The van der Waals surface area contributed by atoms with Crippen LogP contribution in [0.2, 0.25) is 0 Å². The van der Waals surface area contributed by atoms with Crippen molar-refractivity contribution in [1.29, 1.82) is 5.26 Å². The van der Waals surface area contributed by atoms with Gasteiger partial charge in [0.15, 0.2) is 6.61 Å². The van der Waals surface area contributed by atoms with E-state index in [2.05, 4.69) is 10.6 Å². The van der Waals surface area contributed by atoms with Gasteiger partial charge in [-0.1, -0.05) is 6.07 Å². The molecule has 0 aliphatic carbocycles. The quantitative estimate of drug-likeness (QED) is 0.816. The van der Waals surface area contributed by atoms with E-state index >= 15 is 0 Å². The fraction of sp³-hybridized carbons (Fsp3) is 0.188. The van der Waals surface area contributed by atoms with Gasteiger partial charge in [0.1, 0.15) is 11.8 Å². The number of ether oxygens (including phenoxy) is 1. The molecule has 0 fully saturated rings. The van der Waals surface area contributed by atoms with Crippen LogP contribution in [-0.4, -0.2) is 25.0 Å². The lowest BCUT2D eigenvalue weighted by Crippen LogP contribution is -2.27. The molecule has 0 saturated heterocycles. The first-order valence-electron chi connectivity index (χ1n) is 6.90. The van der Waals surface area contributed by atoms with Crippen LogP contribution in [0, 0.1) is 11.3 Å². The molecule has 23 heavy (non-hydrogen) atoms. The molecule has 0 spiro atoms. The molecular formula is C16H15N3O3S. The average molecular weight is 329 g/mol. The fourth-order valence-electron chi connectivity index (χ4n) is 1.76. The Morgan fingerprint density at radius 2 is 2.00 bits per heavy atom. The van der Waals surface area contributed by atoms with Gasteiger partial charge >= 0.3 is 0 Å². The first-order valence-corrected chi connectivity index (χ1v) is 7.78. The molecule has 118 valence electrons. The van der Waals surface area contributed by atoms with Crippen molar-refractivity contribution < 1.29 is 14.3 Å². The molecule has 0 atom stereocenters. The van der Waals surface area contributed by atoms with Gasteiger partial charge in [0.2, 0.25) is 5.91 Å². The van der Waals surface area contributed by atoms with Gasteiger partial charge in [0.05, 0.1) is 4.88 Å². The second kappa shape index (κ2) is 8.56. The summed E-state index contributed by atoms with van der Waals surface area (Å²) in [4.78, 5) is 24.1. The summed E-state index contributed by atoms with van der Waals surface area (Å²) >= 11 is 1.35. The second-order valence-electron chi connectivity index (χ2n) is 4.50. The van der Waals surface area contributed by atoms with Crippen LogP contribution in [0.5, 0.6) is 5.75 Å². The highest BCUT2D eigenvalue weighted by molar-refractivity contribution is 7.12. The molecule has 0 saturated carbocycles. The van der Waals surface area contributed by atoms with Crippen molar-refractivity contribution in [3.8, 4) is 11.8 Å². The molecule has 6 nitrogen and oxygen atoms in total. The normalized spacial score (nSPS) is 9.70. The molecule has 2 rings (SSSR count). The number of benzene rings is 1. The zero-order valence-electron chi connectivity index (χ0n) is 12.2. The molecule has 2 amide bonds. The Bertz CT molecular complexity index is 690. The average Bonchev–Trinajstić information content (AvgIpc) is 3.08. The zero-order valence-corrected chi connectivity index (χ0v) is 13.1. The van der Waals surface area contributed by atoms with E-state index in [4.69, 9.17) is 10.00 Å². The van der Waals surface area contributed by atoms with E-state index in [9.17, 15) is 9.59 Å². The Morgan fingerprint density at radius 3 is 2.65 bits per heavy atom. The van der Waals surface area contributed by atoms with Gasteiger partial charge in [0.25, 0.3) is 5.91 Å². The summed E-state index contributed by atoms with van der Waals surface area (Å²) in [6.45, 7) is 0.252. The number of hydrogen-bond acceptors (Lipinski definition) is 5. The third-order valence-corrected chi connectivity index (χ3v) is 3.69. The highest BCUT2D eigenvalue weighted by atomic mass is 32.1. The maximum atomic E-state index is 11.8. The van der Waals surface area contributed by atoms with E-state index < -0.39 is 0 Å². The minimum absolute atomic E-state index is 0.0182. The minimum Gasteiger partial charge on any atom is -0.479 e. The molecule has 0 bridgehead atoms. The van der Waals surface area contributed by atoms with E-state index in [0.29, 0.717) is 16.3 Å². The van der Waals surface area contributed by atoms with Crippen LogP contribution in [0.1, 0.15) is 16.1 Å². The van der Waals surface area contributed by atoms with Crippen LogP contribution in [0.3, 0.4) is 0 Å². The van der Waals surface area contributed by atoms with Crippen molar-refractivity contribution in [1.82, 2.24) is 5.32 Å². The molecule has 7 heteroatoms. The van der Waals surface area contributed by atoms with Gasteiger partial charge in [-0.15, -0.1) is 11.3 Å². The van der Waals surface area contributed by atoms with E-state index in [-0.39, 0.29) is 31.4 Å². The number of thiophene rings is 1. The topological polar surface area (TPSA) is 91.2 Å². The smallest absolute Gasteiger partial charge is 0.261 e. The summed E-state index contributed by atoms with van der Waals surface area (Å²) in [5.41, 5.74) is 0.629. The van der Waals surface area contributed by atoms with Gasteiger partial charge in [0, 0.05) is 18.7 Å². The molecular weight excluding hydrogens is 314 g/mol. The number of carbonyl (C=O) groups is 2. The highest BCUT2D eigenvalue weighted by Gasteiger charge is 2.07. The van der Waals surface area contributed by atoms with Crippen molar-refractivity contribution in [2.24, 2.45) is 0 Å². The zero-order chi connectivity index (χ0) is 16.5.